The van der Waals surface area contributed by atoms with Crippen LogP contribution in [0.15, 0.2) is 30.3 Å². The molecule has 2 aromatic rings. The van der Waals surface area contributed by atoms with Gasteiger partial charge >= 0.3 is 0 Å². The second-order valence-corrected chi connectivity index (χ2v) is 7.33. The number of methoxy groups -OCH3 is 3. The number of carbonyl (C=O) groups is 1. The molecular weight excluding hydrogens is 396 g/mol. The van der Waals surface area contributed by atoms with Crippen LogP contribution in [0.5, 0.6) is 17.2 Å². The van der Waals surface area contributed by atoms with Crippen molar-refractivity contribution in [3.05, 3.63) is 53.1 Å². The molecule has 0 radical (unpaired) electrons. The summed E-state index contributed by atoms with van der Waals surface area (Å²) in [6.07, 6.45) is -0.912. The molecule has 6 nitrogen and oxygen atoms in total. The first-order chi connectivity index (χ1) is 14.3. The molecule has 0 spiro atoms. The summed E-state index contributed by atoms with van der Waals surface area (Å²) in [4.78, 5) is 13.0. The van der Waals surface area contributed by atoms with Gasteiger partial charge in [0.1, 0.15) is 17.7 Å². The SMILES string of the molecule is COc1cc(C(=O)C(O)CC2(c3ccc(F)cc3F)CCNC2)cc(OC)c1OC. The quantitative estimate of drug-likeness (QED) is 0.639. The number of benzene rings is 2. The monoisotopic (exact) mass is 421 g/mol. The lowest BCUT2D eigenvalue weighted by Gasteiger charge is -2.31. The van der Waals surface area contributed by atoms with Crippen molar-refractivity contribution in [2.75, 3.05) is 34.4 Å². The van der Waals surface area contributed by atoms with Gasteiger partial charge in [-0.2, -0.15) is 0 Å². The maximum Gasteiger partial charge on any atom is 0.203 e. The topological polar surface area (TPSA) is 77.0 Å². The molecule has 2 aromatic carbocycles. The average Bonchev–Trinajstić information content (AvgIpc) is 3.20. The van der Waals surface area contributed by atoms with Crippen molar-refractivity contribution in [2.24, 2.45) is 0 Å². The summed E-state index contributed by atoms with van der Waals surface area (Å²) >= 11 is 0. The number of halogens is 2. The lowest BCUT2D eigenvalue weighted by molar-refractivity contribution is 0.0675. The molecule has 2 atom stereocenters. The van der Waals surface area contributed by atoms with Crippen LogP contribution in [0.25, 0.3) is 0 Å². The fourth-order valence-electron chi connectivity index (χ4n) is 4.06. The number of aliphatic hydroxyl groups excluding tert-OH is 1. The molecule has 0 saturated carbocycles. The van der Waals surface area contributed by atoms with Crippen LogP contribution in [0.4, 0.5) is 8.78 Å². The van der Waals surface area contributed by atoms with E-state index in [1.54, 1.807) is 0 Å². The van der Waals surface area contributed by atoms with Crippen molar-refractivity contribution in [3.8, 4) is 17.2 Å². The molecule has 0 bridgehead atoms. The fourth-order valence-corrected chi connectivity index (χ4v) is 4.06. The van der Waals surface area contributed by atoms with Crippen molar-refractivity contribution in [2.45, 2.75) is 24.4 Å². The van der Waals surface area contributed by atoms with Crippen LogP contribution in [-0.4, -0.2) is 51.4 Å². The van der Waals surface area contributed by atoms with E-state index in [0.717, 1.165) is 6.07 Å². The molecule has 1 fully saturated rings. The highest BCUT2D eigenvalue weighted by Crippen LogP contribution is 2.40. The first-order valence-electron chi connectivity index (χ1n) is 9.53. The van der Waals surface area contributed by atoms with Crippen LogP contribution in [0.1, 0.15) is 28.8 Å². The van der Waals surface area contributed by atoms with Gasteiger partial charge in [-0.3, -0.25) is 4.79 Å². The molecule has 1 saturated heterocycles. The Labute approximate surface area is 173 Å². The van der Waals surface area contributed by atoms with Gasteiger partial charge in [0.15, 0.2) is 17.3 Å². The van der Waals surface area contributed by atoms with Gasteiger partial charge in [0.2, 0.25) is 5.75 Å². The number of hydrogen-bond acceptors (Lipinski definition) is 6. The van der Waals surface area contributed by atoms with Crippen LogP contribution in [0.2, 0.25) is 0 Å². The lowest BCUT2D eigenvalue weighted by Crippen LogP contribution is -2.37. The highest BCUT2D eigenvalue weighted by atomic mass is 19.1. The minimum atomic E-state index is -1.41. The van der Waals surface area contributed by atoms with Gasteiger partial charge in [0.05, 0.1) is 21.3 Å². The van der Waals surface area contributed by atoms with Crippen LogP contribution in [0.3, 0.4) is 0 Å². The van der Waals surface area contributed by atoms with Crippen LogP contribution < -0.4 is 19.5 Å². The summed E-state index contributed by atoms with van der Waals surface area (Å²) in [6.45, 7) is 0.969. The molecular formula is C22H25F2NO5. The van der Waals surface area contributed by atoms with E-state index in [1.165, 1.54) is 45.6 Å². The van der Waals surface area contributed by atoms with Gasteiger partial charge < -0.3 is 24.6 Å². The van der Waals surface area contributed by atoms with Crippen LogP contribution >= 0.6 is 0 Å². The molecule has 2 N–H and O–H groups in total. The van der Waals surface area contributed by atoms with E-state index >= 15 is 0 Å². The molecule has 2 unspecified atom stereocenters. The molecule has 0 amide bonds. The Bertz CT molecular complexity index is 903. The third kappa shape index (κ3) is 4.11. The van der Waals surface area contributed by atoms with Crippen molar-refractivity contribution >= 4 is 5.78 Å². The molecule has 3 rings (SSSR count). The largest absolute Gasteiger partial charge is 0.493 e. The Kier molecular flexibility index (Phi) is 6.58. The van der Waals surface area contributed by atoms with Gasteiger partial charge in [-0.05, 0) is 43.1 Å². The molecule has 0 aliphatic carbocycles. The zero-order valence-electron chi connectivity index (χ0n) is 17.1. The van der Waals surface area contributed by atoms with Crippen molar-refractivity contribution in [1.82, 2.24) is 5.32 Å². The number of carbonyl (C=O) groups excluding carboxylic acids is 1. The first kappa shape index (κ1) is 22.0. The molecule has 8 heteroatoms. The van der Waals surface area contributed by atoms with E-state index < -0.39 is 28.9 Å². The van der Waals surface area contributed by atoms with Crippen molar-refractivity contribution in [1.29, 1.82) is 0 Å². The standard InChI is InChI=1S/C22H25F2NO5/c1-28-18-8-13(9-19(29-2)21(18)30-3)20(27)17(26)11-22(6-7-25-12-22)15-5-4-14(23)10-16(15)24/h4-5,8-10,17,25-26H,6-7,11-12H2,1-3H3. The van der Waals surface area contributed by atoms with Gasteiger partial charge in [0, 0.05) is 23.6 Å². The average molecular weight is 421 g/mol. The number of hydrogen-bond donors (Lipinski definition) is 2. The second kappa shape index (κ2) is 8.97. The van der Waals surface area contributed by atoms with Gasteiger partial charge in [-0.25, -0.2) is 8.78 Å². The van der Waals surface area contributed by atoms with E-state index in [2.05, 4.69) is 5.32 Å². The predicted molar refractivity (Wildman–Crippen MR) is 107 cm³/mol. The third-order valence-electron chi connectivity index (χ3n) is 5.58. The molecule has 30 heavy (non-hydrogen) atoms. The third-order valence-corrected chi connectivity index (χ3v) is 5.58. The van der Waals surface area contributed by atoms with E-state index in [9.17, 15) is 18.7 Å². The van der Waals surface area contributed by atoms with E-state index in [4.69, 9.17) is 14.2 Å². The fraction of sp³-hybridized carbons (Fsp3) is 0.409. The number of ketones is 1. The maximum absolute atomic E-state index is 14.5. The zero-order valence-corrected chi connectivity index (χ0v) is 17.1. The van der Waals surface area contributed by atoms with E-state index in [0.29, 0.717) is 25.3 Å². The van der Waals surface area contributed by atoms with Crippen LogP contribution in [-0.2, 0) is 5.41 Å². The summed E-state index contributed by atoms with van der Waals surface area (Å²) < 4.78 is 43.7. The Morgan fingerprint density at radius 1 is 1.13 bits per heavy atom. The normalized spacial score (nSPS) is 19.4. The maximum atomic E-state index is 14.5. The number of rotatable bonds is 8. The molecule has 1 aliphatic heterocycles. The van der Waals surface area contributed by atoms with E-state index in [-0.39, 0.29) is 29.0 Å². The summed E-state index contributed by atoms with van der Waals surface area (Å²) in [5, 5.41) is 13.9. The Hall–Kier alpha value is -2.71. The molecule has 1 aliphatic rings. The molecule has 1 heterocycles. The highest BCUT2D eigenvalue weighted by molar-refractivity contribution is 6.00. The zero-order chi connectivity index (χ0) is 21.9. The van der Waals surface area contributed by atoms with E-state index in [1.807, 2.05) is 0 Å². The Morgan fingerprint density at radius 3 is 2.30 bits per heavy atom. The van der Waals surface area contributed by atoms with Crippen molar-refractivity contribution in [3.63, 3.8) is 0 Å². The summed E-state index contributed by atoms with van der Waals surface area (Å²) in [5.74, 6) is -1.01. The van der Waals surface area contributed by atoms with Crippen molar-refractivity contribution < 1.29 is 32.9 Å². The number of ether oxygens (including phenoxy) is 3. The Balaban J connectivity index is 1.92. The summed E-state index contributed by atoms with van der Waals surface area (Å²) in [7, 11) is 4.31. The summed E-state index contributed by atoms with van der Waals surface area (Å²) in [5.41, 5.74) is -0.364. The Morgan fingerprint density at radius 2 is 1.80 bits per heavy atom. The van der Waals surface area contributed by atoms with Gasteiger partial charge in [-0.1, -0.05) is 6.07 Å². The first-order valence-corrected chi connectivity index (χ1v) is 9.53. The number of nitrogens with one attached hydrogen (secondary N) is 1. The summed E-state index contributed by atoms with van der Waals surface area (Å²) in [6, 6.07) is 6.32. The van der Waals surface area contributed by atoms with Gasteiger partial charge in [0.25, 0.3) is 0 Å². The molecule has 162 valence electrons. The second-order valence-electron chi connectivity index (χ2n) is 7.33. The predicted octanol–water partition coefficient (Wildman–Crippen LogP) is 2.86. The lowest BCUT2D eigenvalue weighted by atomic mass is 9.74. The van der Waals surface area contributed by atoms with Crippen LogP contribution in [0, 0.1) is 11.6 Å². The molecule has 0 aromatic heterocycles. The van der Waals surface area contributed by atoms with Gasteiger partial charge in [-0.15, -0.1) is 0 Å². The smallest absolute Gasteiger partial charge is 0.203 e. The minimum absolute atomic E-state index is 0.0158. The number of aliphatic hydroxyl groups is 1. The minimum Gasteiger partial charge on any atom is -0.493 e. The number of Topliss-reactive ketones (excluding diaryl/α,β-unsaturated/α-hetero) is 1. The highest BCUT2D eigenvalue weighted by Gasteiger charge is 2.41.